The Balaban J connectivity index is 1.96. The molecule has 2 atom stereocenters. The van der Waals surface area contributed by atoms with Crippen LogP contribution in [0.3, 0.4) is 0 Å². The Morgan fingerprint density at radius 1 is 1.56 bits per heavy atom. The van der Waals surface area contributed by atoms with Gasteiger partial charge in [0.05, 0.1) is 4.87 Å². The summed E-state index contributed by atoms with van der Waals surface area (Å²) >= 11 is 5.34. The van der Waals surface area contributed by atoms with Gasteiger partial charge in [-0.25, -0.2) is 0 Å². The van der Waals surface area contributed by atoms with Gasteiger partial charge < -0.3 is 5.11 Å². The highest BCUT2D eigenvalue weighted by Gasteiger charge is 2.44. The zero-order valence-electron chi connectivity index (χ0n) is 9.78. The summed E-state index contributed by atoms with van der Waals surface area (Å²) in [4.78, 5) is 11.0. The first-order valence-electron chi connectivity index (χ1n) is 6.04. The van der Waals surface area contributed by atoms with Gasteiger partial charge in [-0.15, -0.1) is 11.8 Å². The third kappa shape index (κ3) is 1.98. The predicted octanol–water partition coefficient (Wildman–Crippen LogP) is 2.73. The fourth-order valence-electron chi connectivity index (χ4n) is 2.84. The van der Waals surface area contributed by atoms with Crippen LogP contribution in [0.1, 0.15) is 24.0 Å². The van der Waals surface area contributed by atoms with Gasteiger partial charge in [0.25, 0.3) is 0 Å². The number of hydrogen-bond acceptors (Lipinski definition) is 3. The molecule has 0 amide bonds. The van der Waals surface area contributed by atoms with E-state index in [1.165, 1.54) is 11.1 Å². The van der Waals surface area contributed by atoms with Crippen molar-refractivity contribution in [1.82, 2.24) is 5.32 Å². The lowest BCUT2D eigenvalue weighted by molar-refractivity contribution is -0.140. The van der Waals surface area contributed by atoms with Crippen molar-refractivity contribution in [3.63, 3.8) is 0 Å². The molecule has 1 aromatic carbocycles. The Kier molecular flexibility index (Phi) is 3.16. The maximum absolute atomic E-state index is 11.2. The van der Waals surface area contributed by atoms with E-state index in [1.54, 1.807) is 0 Å². The first-order valence-corrected chi connectivity index (χ1v) is 7.82. The fourth-order valence-corrected chi connectivity index (χ4v) is 4.78. The fraction of sp³-hybridized carbons (Fsp3) is 0.462. The molecule has 1 spiro atoms. The third-order valence-corrected chi connectivity index (χ3v) is 5.68. The number of aliphatic carboxylic acids is 1. The molecule has 1 aromatic rings. The molecule has 3 nitrogen and oxygen atoms in total. The second kappa shape index (κ2) is 4.54. The number of fused-ring (bicyclic) bond motifs is 2. The smallest absolute Gasteiger partial charge is 0.320 e. The van der Waals surface area contributed by atoms with E-state index in [2.05, 4.69) is 33.4 Å². The largest absolute Gasteiger partial charge is 0.480 e. The summed E-state index contributed by atoms with van der Waals surface area (Å²) in [5, 5.41) is 12.5. The Morgan fingerprint density at radius 2 is 2.39 bits per heavy atom. The number of nitrogens with one attached hydrogen (secondary N) is 1. The molecule has 5 heteroatoms. The second-order valence-corrected chi connectivity index (χ2v) is 7.11. The summed E-state index contributed by atoms with van der Waals surface area (Å²) in [7, 11) is 0. The summed E-state index contributed by atoms with van der Waals surface area (Å²) < 4.78 is 1.09. The van der Waals surface area contributed by atoms with Gasteiger partial charge in [0.1, 0.15) is 6.04 Å². The molecule has 0 saturated carbocycles. The Morgan fingerprint density at radius 3 is 3.17 bits per heavy atom. The maximum Gasteiger partial charge on any atom is 0.320 e. The number of thioether (sulfide) groups is 1. The minimum atomic E-state index is -0.736. The first kappa shape index (κ1) is 12.5. The standard InChI is InChI=1S/C13H14BrNO2S/c14-9-1-2-10-8(7-9)3-5-13(10)15-11(12(16)17)4-6-18-13/h1-2,7,11,15H,3-6H2,(H,16,17). The van der Waals surface area contributed by atoms with Gasteiger partial charge in [-0.2, -0.15) is 0 Å². The van der Waals surface area contributed by atoms with Crippen LogP contribution in [0.5, 0.6) is 0 Å². The molecule has 0 aromatic heterocycles. The van der Waals surface area contributed by atoms with Crippen molar-refractivity contribution in [2.24, 2.45) is 0 Å². The highest BCUT2D eigenvalue weighted by atomic mass is 79.9. The van der Waals surface area contributed by atoms with Crippen LogP contribution in [-0.2, 0) is 16.1 Å². The normalized spacial score (nSPS) is 30.4. The van der Waals surface area contributed by atoms with E-state index < -0.39 is 12.0 Å². The van der Waals surface area contributed by atoms with Crippen molar-refractivity contribution in [2.45, 2.75) is 30.2 Å². The number of carbonyl (C=O) groups is 1. The second-order valence-electron chi connectivity index (χ2n) is 4.80. The molecule has 2 aliphatic rings. The average molecular weight is 328 g/mol. The van der Waals surface area contributed by atoms with E-state index in [-0.39, 0.29) is 4.87 Å². The van der Waals surface area contributed by atoms with Gasteiger partial charge in [-0.3, -0.25) is 10.1 Å². The number of carboxylic acids is 1. The summed E-state index contributed by atoms with van der Waals surface area (Å²) in [5.74, 6) is 0.166. The molecule has 2 unspecified atom stereocenters. The van der Waals surface area contributed by atoms with Gasteiger partial charge >= 0.3 is 5.97 Å². The first-order chi connectivity index (χ1) is 8.61. The van der Waals surface area contributed by atoms with Crippen LogP contribution >= 0.6 is 27.7 Å². The van der Waals surface area contributed by atoms with Crippen molar-refractivity contribution >= 4 is 33.7 Å². The molecule has 1 fully saturated rings. The van der Waals surface area contributed by atoms with Crippen molar-refractivity contribution in [3.05, 3.63) is 33.8 Å². The summed E-state index contributed by atoms with van der Waals surface area (Å²) in [5.41, 5.74) is 2.59. The molecule has 2 N–H and O–H groups in total. The number of benzene rings is 1. The van der Waals surface area contributed by atoms with Crippen LogP contribution in [0, 0.1) is 0 Å². The van der Waals surface area contributed by atoms with Crippen LogP contribution in [0.15, 0.2) is 22.7 Å². The molecule has 1 aliphatic carbocycles. The van der Waals surface area contributed by atoms with Crippen molar-refractivity contribution in [1.29, 1.82) is 0 Å². The van der Waals surface area contributed by atoms with E-state index in [1.807, 2.05) is 17.8 Å². The predicted molar refractivity (Wildman–Crippen MR) is 75.8 cm³/mol. The minimum absolute atomic E-state index is 0.183. The molecular formula is C13H14BrNO2S. The van der Waals surface area contributed by atoms with E-state index in [0.29, 0.717) is 6.42 Å². The zero-order valence-corrected chi connectivity index (χ0v) is 12.2. The minimum Gasteiger partial charge on any atom is -0.480 e. The van der Waals surface area contributed by atoms with Gasteiger partial charge in [0.2, 0.25) is 0 Å². The highest BCUT2D eigenvalue weighted by Crippen LogP contribution is 2.48. The van der Waals surface area contributed by atoms with Crippen molar-refractivity contribution in [2.75, 3.05) is 5.75 Å². The highest BCUT2D eigenvalue weighted by molar-refractivity contribution is 9.10. The summed E-state index contributed by atoms with van der Waals surface area (Å²) in [6.45, 7) is 0. The monoisotopic (exact) mass is 327 g/mol. The molecule has 18 heavy (non-hydrogen) atoms. The van der Waals surface area contributed by atoms with Crippen LogP contribution in [0.4, 0.5) is 0 Å². The van der Waals surface area contributed by atoms with Crippen LogP contribution in [0.2, 0.25) is 0 Å². The third-order valence-electron chi connectivity index (χ3n) is 3.71. The van der Waals surface area contributed by atoms with Crippen LogP contribution < -0.4 is 5.32 Å². The quantitative estimate of drug-likeness (QED) is 0.832. The van der Waals surface area contributed by atoms with E-state index >= 15 is 0 Å². The molecule has 3 rings (SSSR count). The lowest BCUT2D eigenvalue weighted by Gasteiger charge is -2.38. The Hall–Kier alpha value is -0.520. The van der Waals surface area contributed by atoms with Gasteiger partial charge in [0, 0.05) is 4.47 Å². The average Bonchev–Trinajstić information content (AvgIpc) is 2.68. The number of aryl methyl sites for hydroxylation is 1. The molecule has 1 aliphatic heterocycles. The Labute approximate surface area is 118 Å². The Bertz CT molecular complexity index is 508. The summed E-state index contributed by atoms with van der Waals surface area (Å²) in [6.07, 6.45) is 2.70. The van der Waals surface area contributed by atoms with Crippen molar-refractivity contribution in [3.8, 4) is 0 Å². The van der Waals surface area contributed by atoms with Crippen molar-refractivity contribution < 1.29 is 9.90 Å². The molecule has 0 radical (unpaired) electrons. The number of hydrogen-bond donors (Lipinski definition) is 2. The van der Waals surface area contributed by atoms with E-state index in [4.69, 9.17) is 0 Å². The van der Waals surface area contributed by atoms with E-state index in [0.717, 1.165) is 23.1 Å². The number of halogens is 1. The topological polar surface area (TPSA) is 49.3 Å². The van der Waals surface area contributed by atoms with Gasteiger partial charge in [-0.05, 0) is 48.3 Å². The lowest BCUT2D eigenvalue weighted by atomic mass is 10.1. The van der Waals surface area contributed by atoms with Gasteiger partial charge in [-0.1, -0.05) is 22.0 Å². The lowest BCUT2D eigenvalue weighted by Crippen LogP contribution is -2.51. The number of rotatable bonds is 1. The molecule has 0 bridgehead atoms. The molecule has 1 saturated heterocycles. The SMILES string of the molecule is O=C(O)C1CCSC2(CCc3cc(Br)ccc32)N1. The summed E-state index contributed by atoms with van der Waals surface area (Å²) in [6, 6.07) is 5.90. The molecule has 1 heterocycles. The zero-order chi connectivity index (χ0) is 12.8. The van der Waals surface area contributed by atoms with E-state index in [9.17, 15) is 9.90 Å². The van der Waals surface area contributed by atoms with Crippen LogP contribution in [-0.4, -0.2) is 22.9 Å². The molecular weight excluding hydrogens is 314 g/mol. The number of carboxylic acid groups (broad SMARTS) is 1. The van der Waals surface area contributed by atoms with Gasteiger partial charge in [0.15, 0.2) is 0 Å². The molecule has 96 valence electrons. The van der Waals surface area contributed by atoms with Crippen LogP contribution in [0.25, 0.3) is 0 Å². The maximum atomic E-state index is 11.2.